The van der Waals surface area contributed by atoms with Crippen molar-refractivity contribution in [2.24, 2.45) is 5.92 Å². The minimum absolute atomic E-state index is 0.268. The fourth-order valence-corrected chi connectivity index (χ4v) is 7.21. The molecule has 4 aromatic carbocycles. The standard InChI is InChI=1S/C36H30N2O6/c1-42-24-16-12-22(13-17-24)34(40)32-31(33(39)23-14-18-28(43-2)29(20-23)44-3)36(25-9-5-6-10-26(25)37-35(36)41)30-19-15-21-8-4-7-11-27(21)38(30)32/h4-20,30-32H,1-3H3,(H,37,41). The molecule has 0 radical (unpaired) electrons. The number of carbonyl (C=O) groups is 3. The fraction of sp³-hybridized carbons (Fsp3) is 0.194. The zero-order valence-corrected chi connectivity index (χ0v) is 24.4. The molecule has 3 heterocycles. The van der Waals surface area contributed by atoms with E-state index >= 15 is 4.79 Å². The summed E-state index contributed by atoms with van der Waals surface area (Å²) < 4.78 is 16.3. The highest BCUT2D eigenvalue weighted by Crippen LogP contribution is 2.58. The van der Waals surface area contributed by atoms with Crippen molar-refractivity contribution < 1.29 is 28.6 Å². The summed E-state index contributed by atoms with van der Waals surface area (Å²) in [6.45, 7) is 0. The molecule has 1 saturated heterocycles. The largest absolute Gasteiger partial charge is 0.497 e. The van der Waals surface area contributed by atoms with Crippen molar-refractivity contribution in [2.45, 2.75) is 17.5 Å². The van der Waals surface area contributed by atoms with Crippen LogP contribution in [0.3, 0.4) is 0 Å². The highest BCUT2D eigenvalue weighted by Gasteiger charge is 2.70. The van der Waals surface area contributed by atoms with Crippen molar-refractivity contribution in [1.29, 1.82) is 0 Å². The molecule has 1 fully saturated rings. The maximum Gasteiger partial charge on any atom is 0.238 e. The molecule has 8 nitrogen and oxygen atoms in total. The molecule has 220 valence electrons. The Morgan fingerprint density at radius 2 is 1.48 bits per heavy atom. The number of amides is 1. The zero-order chi connectivity index (χ0) is 30.6. The summed E-state index contributed by atoms with van der Waals surface area (Å²) in [5, 5.41) is 3.05. The van der Waals surface area contributed by atoms with Crippen LogP contribution in [-0.2, 0) is 10.2 Å². The van der Waals surface area contributed by atoms with Crippen LogP contribution in [0.25, 0.3) is 6.08 Å². The second kappa shape index (κ2) is 10.4. The summed E-state index contributed by atoms with van der Waals surface area (Å²) in [5.41, 5.74) is 2.32. The van der Waals surface area contributed by atoms with E-state index in [-0.39, 0.29) is 17.5 Å². The van der Waals surface area contributed by atoms with E-state index in [1.807, 2.05) is 65.6 Å². The Morgan fingerprint density at radius 3 is 2.23 bits per heavy atom. The first-order valence-electron chi connectivity index (χ1n) is 14.3. The second-order valence-electron chi connectivity index (χ2n) is 11.1. The third-order valence-corrected chi connectivity index (χ3v) is 9.14. The second-order valence-corrected chi connectivity index (χ2v) is 11.1. The van der Waals surface area contributed by atoms with Gasteiger partial charge in [0, 0.05) is 22.5 Å². The molecule has 1 spiro atoms. The van der Waals surface area contributed by atoms with E-state index in [1.54, 1.807) is 49.6 Å². The van der Waals surface area contributed by atoms with Crippen molar-refractivity contribution in [2.75, 3.05) is 31.5 Å². The van der Waals surface area contributed by atoms with E-state index in [4.69, 9.17) is 14.2 Å². The van der Waals surface area contributed by atoms with Gasteiger partial charge in [0.2, 0.25) is 5.91 Å². The number of benzene rings is 4. The first kappa shape index (κ1) is 27.5. The van der Waals surface area contributed by atoms with Crippen molar-refractivity contribution in [3.05, 3.63) is 119 Å². The van der Waals surface area contributed by atoms with Crippen molar-refractivity contribution in [3.63, 3.8) is 0 Å². The number of methoxy groups -OCH3 is 3. The summed E-state index contributed by atoms with van der Waals surface area (Å²) >= 11 is 0. The molecular weight excluding hydrogens is 556 g/mol. The monoisotopic (exact) mass is 586 g/mol. The Morgan fingerprint density at radius 1 is 0.773 bits per heavy atom. The number of hydrogen-bond donors (Lipinski definition) is 1. The SMILES string of the molecule is COc1ccc(C(=O)C2C(C(=O)c3ccc(OC)c(OC)c3)C3(C(=O)Nc4ccccc43)C3C=Cc4ccccc4N23)cc1. The van der Waals surface area contributed by atoms with Crippen LogP contribution in [0.15, 0.2) is 97.1 Å². The Hall–Kier alpha value is -5.37. The van der Waals surface area contributed by atoms with Crippen LogP contribution in [0.1, 0.15) is 31.8 Å². The highest BCUT2D eigenvalue weighted by atomic mass is 16.5. The molecule has 4 unspecified atom stereocenters. The van der Waals surface area contributed by atoms with Crippen LogP contribution in [-0.4, -0.2) is 50.9 Å². The number of para-hydroxylation sites is 2. The molecule has 7 rings (SSSR count). The summed E-state index contributed by atoms with van der Waals surface area (Å²) in [7, 11) is 4.59. The van der Waals surface area contributed by atoms with E-state index in [2.05, 4.69) is 5.32 Å². The first-order chi connectivity index (χ1) is 21.4. The van der Waals surface area contributed by atoms with E-state index in [0.717, 1.165) is 11.3 Å². The van der Waals surface area contributed by atoms with Gasteiger partial charge in [-0.2, -0.15) is 0 Å². The third-order valence-electron chi connectivity index (χ3n) is 9.14. The van der Waals surface area contributed by atoms with Gasteiger partial charge in [0.05, 0.1) is 33.3 Å². The van der Waals surface area contributed by atoms with Gasteiger partial charge in [0.1, 0.15) is 17.2 Å². The van der Waals surface area contributed by atoms with Gasteiger partial charge in [0.15, 0.2) is 23.1 Å². The van der Waals surface area contributed by atoms with Crippen LogP contribution >= 0.6 is 0 Å². The van der Waals surface area contributed by atoms with Gasteiger partial charge in [-0.1, -0.05) is 48.6 Å². The van der Waals surface area contributed by atoms with E-state index in [0.29, 0.717) is 39.6 Å². The highest BCUT2D eigenvalue weighted by molar-refractivity contribution is 6.18. The predicted molar refractivity (Wildman–Crippen MR) is 167 cm³/mol. The summed E-state index contributed by atoms with van der Waals surface area (Å²) in [4.78, 5) is 46.3. The molecule has 44 heavy (non-hydrogen) atoms. The van der Waals surface area contributed by atoms with Gasteiger partial charge >= 0.3 is 0 Å². The summed E-state index contributed by atoms with van der Waals surface area (Å²) in [6, 6.07) is 25.3. The van der Waals surface area contributed by atoms with Gasteiger partial charge in [-0.25, -0.2) is 0 Å². The van der Waals surface area contributed by atoms with Crippen molar-refractivity contribution in [1.82, 2.24) is 0 Å². The number of nitrogens with zero attached hydrogens (tertiary/aromatic N) is 1. The minimum Gasteiger partial charge on any atom is -0.497 e. The van der Waals surface area contributed by atoms with Crippen LogP contribution in [0.4, 0.5) is 11.4 Å². The lowest BCUT2D eigenvalue weighted by Gasteiger charge is -2.37. The average molecular weight is 587 g/mol. The molecule has 4 aromatic rings. The molecule has 1 N–H and O–H groups in total. The Kier molecular flexibility index (Phi) is 6.50. The number of anilines is 2. The molecule has 1 amide bonds. The normalized spacial score (nSPS) is 22.6. The third kappa shape index (κ3) is 3.80. The van der Waals surface area contributed by atoms with Gasteiger partial charge < -0.3 is 24.4 Å². The number of Topliss-reactive ketones (excluding diaryl/α,β-unsaturated/α-hetero) is 2. The predicted octanol–water partition coefficient (Wildman–Crippen LogP) is 5.57. The molecule has 0 aromatic heterocycles. The molecule has 3 aliphatic rings. The number of ether oxygens (including phenoxy) is 3. The molecule has 0 saturated carbocycles. The molecule has 4 atom stereocenters. The molecular formula is C36H30N2O6. The molecule has 3 aliphatic heterocycles. The van der Waals surface area contributed by atoms with Crippen LogP contribution in [0, 0.1) is 5.92 Å². The van der Waals surface area contributed by atoms with Gasteiger partial charge in [-0.3, -0.25) is 14.4 Å². The Bertz CT molecular complexity index is 1850. The Labute approximate surface area is 254 Å². The van der Waals surface area contributed by atoms with E-state index in [9.17, 15) is 9.59 Å². The average Bonchev–Trinajstić information content (AvgIpc) is 3.55. The number of rotatable bonds is 7. The summed E-state index contributed by atoms with van der Waals surface area (Å²) in [6.07, 6.45) is 3.94. The maximum atomic E-state index is 15.0. The lowest BCUT2D eigenvalue weighted by atomic mass is 9.64. The number of carbonyl (C=O) groups excluding carboxylic acids is 3. The lowest BCUT2D eigenvalue weighted by Crippen LogP contribution is -2.51. The molecule has 0 bridgehead atoms. The number of nitrogens with one attached hydrogen (secondary N) is 1. The van der Waals surface area contributed by atoms with E-state index in [1.165, 1.54) is 14.2 Å². The minimum atomic E-state index is -1.41. The smallest absolute Gasteiger partial charge is 0.238 e. The van der Waals surface area contributed by atoms with Crippen LogP contribution in [0.5, 0.6) is 17.2 Å². The quantitative estimate of drug-likeness (QED) is 0.283. The topological polar surface area (TPSA) is 94.2 Å². The number of fused-ring (bicyclic) bond motifs is 6. The van der Waals surface area contributed by atoms with E-state index < -0.39 is 23.4 Å². The first-order valence-corrected chi connectivity index (χ1v) is 14.3. The number of hydrogen-bond acceptors (Lipinski definition) is 7. The molecule has 0 aliphatic carbocycles. The van der Waals surface area contributed by atoms with Crippen LogP contribution < -0.4 is 24.4 Å². The van der Waals surface area contributed by atoms with Crippen molar-refractivity contribution in [3.8, 4) is 17.2 Å². The van der Waals surface area contributed by atoms with Gasteiger partial charge in [0.25, 0.3) is 0 Å². The van der Waals surface area contributed by atoms with Crippen LogP contribution in [0.2, 0.25) is 0 Å². The Balaban J connectivity index is 1.51. The maximum absolute atomic E-state index is 15.0. The summed E-state index contributed by atoms with van der Waals surface area (Å²) in [5.74, 6) is -0.575. The van der Waals surface area contributed by atoms with Gasteiger partial charge in [-0.15, -0.1) is 0 Å². The molecule has 8 heteroatoms. The van der Waals surface area contributed by atoms with Gasteiger partial charge in [-0.05, 0) is 65.7 Å². The lowest BCUT2D eigenvalue weighted by molar-refractivity contribution is -0.121. The fourth-order valence-electron chi connectivity index (χ4n) is 7.21. The zero-order valence-electron chi connectivity index (χ0n) is 24.4. The number of ketones is 2. The van der Waals surface area contributed by atoms with Crippen molar-refractivity contribution >= 4 is 34.9 Å².